The molecule has 0 amide bonds. The Morgan fingerprint density at radius 2 is 1.75 bits per heavy atom. The van der Waals surface area contributed by atoms with Crippen molar-refractivity contribution in [1.29, 1.82) is 0 Å². The number of halogens is 2. The first-order chi connectivity index (χ1) is 16.9. The van der Waals surface area contributed by atoms with E-state index in [1.165, 1.54) is 22.2 Å². The number of carboxylic acid groups (broad SMARTS) is 1. The van der Waals surface area contributed by atoms with Crippen molar-refractivity contribution in [1.82, 2.24) is 14.8 Å². The van der Waals surface area contributed by atoms with Crippen LogP contribution in [0, 0.1) is 12.8 Å². The first kappa shape index (κ1) is 26.6. The highest BCUT2D eigenvalue weighted by molar-refractivity contribution is 5.88. The summed E-state index contributed by atoms with van der Waals surface area (Å²) in [4.78, 5) is 13.5. The van der Waals surface area contributed by atoms with E-state index in [1.807, 2.05) is 12.1 Å². The summed E-state index contributed by atoms with van der Waals surface area (Å²) < 4.78 is 17.6. The quantitative estimate of drug-likeness (QED) is 0.440. The molecule has 0 radical (unpaired) electrons. The Bertz CT molecular complexity index is 1180. The number of hydrogen-bond donors (Lipinski definition) is 2. The molecule has 2 aliphatic heterocycles. The Balaban J connectivity index is 0.00000304. The van der Waals surface area contributed by atoms with E-state index in [0.717, 1.165) is 57.5 Å². The lowest BCUT2D eigenvalue weighted by molar-refractivity contribution is 0.0446. The molecule has 2 fully saturated rings. The molecular weight excluding hydrogens is 477 g/mol. The lowest BCUT2D eigenvalue weighted by atomic mass is 9.91. The number of benzene rings is 2. The maximum Gasteiger partial charge on any atom is 0.335 e. The second kappa shape index (κ2) is 11.3. The van der Waals surface area contributed by atoms with E-state index in [1.54, 1.807) is 12.1 Å². The summed E-state index contributed by atoms with van der Waals surface area (Å²) in [6, 6.07) is 15.8. The number of nitrogens with zero attached hydrogens (tertiary/aromatic N) is 2. The second-order valence-corrected chi connectivity index (χ2v) is 10.5. The van der Waals surface area contributed by atoms with Crippen LogP contribution in [-0.4, -0.2) is 58.9 Å². The van der Waals surface area contributed by atoms with Crippen LogP contribution >= 0.6 is 12.4 Å². The normalized spacial score (nSPS) is 18.7. The lowest BCUT2D eigenvalue weighted by Crippen LogP contribution is -2.49. The van der Waals surface area contributed by atoms with Gasteiger partial charge in [0.1, 0.15) is 5.67 Å². The summed E-state index contributed by atoms with van der Waals surface area (Å²) in [6.45, 7) is 7.31. The highest BCUT2D eigenvalue weighted by Gasteiger charge is 2.35. The van der Waals surface area contributed by atoms with Crippen LogP contribution in [0.3, 0.4) is 0 Å². The van der Waals surface area contributed by atoms with Gasteiger partial charge in [-0.3, -0.25) is 0 Å². The minimum absolute atomic E-state index is 0. The van der Waals surface area contributed by atoms with Gasteiger partial charge in [0.05, 0.1) is 5.56 Å². The highest BCUT2D eigenvalue weighted by atomic mass is 35.5. The number of fused-ring (bicyclic) bond motifs is 1. The van der Waals surface area contributed by atoms with E-state index in [0.29, 0.717) is 30.9 Å². The standard InChI is InChI=1S/C29H36FN3O2.ClH/c1-21-26(18-22-6-8-24(9-7-22)28(34)35)25-4-2-3-5-27(25)33(21)19-23-10-16-32(17-11-23)20-29(30)12-14-31-15-13-29;/h2-9,23,31H,10-20H2,1H3,(H,34,35);1H. The molecule has 1 aromatic heterocycles. The zero-order chi connectivity index (χ0) is 24.4. The molecule has 2 aromatic carbocycles. The van der Waals surface area contributed by atoms with Gasteiger partial charge in [-0.05, 0) is 100 Å². The summed E-state index contributed by atoms with van der Waals surface area (Å²) in [5.74, 6) is -0.306. The van der Waals surface area contributed by atoms with Gasteiger partial charge in [-0.1, -0.05) is 30.3 Å². The van der Waals surface area contributed by atoms with Crippen molar-refractivity contribution in [3.63, 3.8) is 0 Å². The van der Waals surface area contributed by atoms with Gasteiger partial charge in [0.25, 0.3) is 0 Å². The molecule has 0 atom stereocenters. The third kappa shape index (κ3) is 5.77. The number of aromatic carboxylic acids is 1. The summed E-state index contributed by atoms with van der Waals surface area (Å²) in [5, 5.41) is 13.7. The van der Waals surface area contributed by atoms with Gasteiger partial charge in [0, 0.05) is 29.7 Å². The Labute approximate surface area is 219 Å². The van der Waals surface area contributed by atoms with Gasteiger partial charge < -0.3 is 19.9 Å². The lowest BCUT2D eigenvalue weighted by Gasteiger charge is -2.38. The fourth-order valence-corrected chi connectivity index (χ4v) is 5.95. The van der Waals surface area contributed by atoms with E-state index in [9.17, 15) is 9.90 Å². The Morgan fingerprint density at radius 1 is 1.08 bits per heavy atom. The number of para-hydroxylation sites is 1. The van der Waals surface area contributed by atoms with E-state index in [2.05, 4.69) is 46.0 Å². The maximum absolute atomic E-state index is 15.2. The second-order valence-electron chi connectivity index (χ2n) is 10.5. The predicted octanol–water partition coefficient (Wildman–Crippen LogP) is 5.46. The minimum Gasteiger partial charge on any atom is -0.478 e. The van der Waals surface area contributed by atoms with Gasteiger partial charge in [0.15, 0.2) is 0 Å². The van der Waals surface area contributed by atoms with E-state index in [4.69, 9.17) is 0 Å². The van der Waals surface area contributed by atoms with Crippen LogP contribution in [0.4, 0.5) is 4.39 Å². The Hall–Kier alpha value is -2.41. The molecule has 0 unspecified atom stereocenters. The van der Waals surface area contributed by atoms with Crippen LogP contribution in [0.25, 0.3) is 10.9 Å². The largest absolute Gasteiger partial charge is 0.478 e. The monoisotopic (exact) mass is 513 g/mol. The molecule has 2 saturated heterocycles. The van der Waals surface area contributed by atoms with Crippen LogP contribution in [0.5, 0.6) is 0 Å². The number of carbonyl (C=O) groups is 1. The molecule has 2 aliphatic rings. The first-order valence-electron chi connectivity index (χ1n) is 12.9. The molecule has 0 saturated carbocycles. The summed E-state index contributed by atoms with van der Waals surface area (Å²) >= 11 is 0. The molecule has 2 N–H and O–H groups in total. The number of nitrogens with one attached hydrogen (secondary N) is 1. The SMILES string of the molecule is Cc1c(Cc2ccc(C(=O)O)cc2)c2ccccc2n1CC1CCN(CC2(F)CCNCC2)CC1.Cl. The number of rotatable bonds is 7. The number of piperidine rings is 2. The maximum atomic E-state index is 15.2. The van der Waals surface area contributed by atoms with Crippen molar-refractivity contribution < 1.29 is 14.3 Å². The third-order valence-corrected chi connectivity index (χ3v) is 8.10. The van der Waals surface area contributed by atoms with Crippen molar-refractivity contribution in [2.75, 3.05) is 32.7 Å². The molecule has 7 heteroatoms. The van der Waals surface area contributed by atoms with Gasteiger partial charge in [-0.25, -0.2) is 9.18 Å². The van der Waals surface area contributed by atoms with Gasteiger partial charge in [0.2, 0.25) is 0 Å². The van der Waals surface area contributed by atoms with Crippen molar-refractivity contribution >= 4 is 29.3 Å². The number of alkyl halides is 1. The molecule has 0 bridgehead atoms. The topological polar surface area (TPSA) is 57.5 Å². The average Bonchev–Trinajstić information content (AvgIpc) is 3.12. The smallest absolute Gasteiger partial charge is 0.335 e. The highest BCUT2D eigenvalue weighted by Crippen LogP contribution is 2.32. The van der Waals surface area contributed by atoms with Crippen LogP contribution in [0.15, 0.2) is 48.5 Å². The molecule has 36 heavy (non-hydrogen) atoms. The molecule has 0 spiro atoms. The fourth-order valence-electron chi connectivity index (χ4n) is 5.95. The van der Waals surface area contributed by atoms with Gasteiger partial charge in [-0.2, -0.15) is 0 Å². The first-order valence-corrected chi connectivity index (χ1v) is 12.9. The van der Waals surface area contributed by atoms with Crippen LogP contribution < -0.4 is 5.32 Å². The van der Waals surface area contributed by atoms with Crippen molar-refractivity contribution in [2.24, 2.45) is 5.92 Å². The zero-order valence-corrected chi connectivity index (χ0v) is 21.8. The van der Waals surface area contributed by atoms with Crippen LogP contribution in [0.2, 0.25) is 0 Å². The molecule has 194 valence electrons. The van der Waals surface area contributed by atoms with E-state index in [-0.39, 0.29) is 12.4 Å². The van der Waals surface area contributed by atoms with Crippen molar-refractivity contribution in [2.45, 2.75) is 51.2 Å². The van der Waals surface area contributed by atoms with Crippen LogP contribution in [-0.2, 0) is 13.0 Å². The molecule has 3 heterocycles. The van der Waals surface area contributed by atoms with Crippen molar-refractivity contribution in [3.05, 3.63) is 70.9 Å². The van der Waals surface area contributed by atoms with E-state index < -0.39 is 11.6 Å². The third-order valence-electron chi connectivity index (χ3n) is 8.10. The fraction of sp³-hybridized carbons (Fsp3) is 0.483. The molecular formula is C29H37ClFN3O2. The summed E-state index contributed by atoms with van der Waals surface area (Å²) in [6.07, 6.45) is 4.25. The summed E-state index contributed by atoms with van der Waals surface area (Å²) in [5.41, 5.74) is 4.27. The number of hydrogen-bond acceptors (Lipinski definition) is 3. The van der Waals surface area contributed by atoms with Gasteiger partial charge in [-0.15, -0.1) is 12.4 Å². The van der Waals surface area contributed by atoms with Crippen molar-refractivity contribution in [3.8, 4) is 0 Å². The number of aromatic nitrogens is 1. The zero-order valence-electron chi connectivity index (χ0n) is 21.0. The minimum atomic E-state index is -1.02. The number of carboxylic acids is 1. The predicted molar refractivity (Wildman–Crippen MR) is 145 cm³/mol. The van der Waals surface area contributed by atoms with Crippen LogP contribution in [0.1, 0.15) is 52.9 Å². The van der Waals surface area contributed by atoms with E-state index >= 15 is 4.39 Å². The molecule has 0 aliphatic carbocycles. The Morgan fingerprint density at radius 3 is 2.42 bits per heavy atom. The molecule has 3 aromatic rings. The molecule has 5 rings (SSSR count). The summed E-state index contributed by atoms with van der Waals surface area (Å²) in [7, 11) is 0. The van der Waals surface area contributed by atoms with Gasteiger partial charge >= 0.3 is 5.97 Å². The Kier molecular flexibility index (Phi) is 8.38. The number of likely N-dealkylation sites (tertiary alicyclic amines) is 1. The average molecular weight is 514 g/mol. The molecule has 5 nitrogen and oxygen atoms in total.